The molecule has 1 saturated heterocycles. The highest BCUT2D eigenvalue weighted by atomic mass is 16.7. The molecule has 1 aliphatic heterocycles. The molecule has 0 spiro atoms. The Hall–Kier alpha value is -1.88. The molecule has 1 amide bonds. The average molecular weight is 263 g/mol. The number of carbonyl (C=O) groups excluding carboxylic acids is 2. The van der Waals surface area contributed by atoms with Crippen LogP contribution in [0.2, 0.25) is 0 Å². The Bertz CT molecular complexity index is 446. The lowest BCUT2D eigenvalue weighted by Gasteiger charge is -2.29. The molecule has 1 heterocycles. The number of benzene rings is 1. The highest BCUT2D eigenvalue weighted by Crippen LogP contribution is 2.13. The first-order valence-corrected chi connectivity index (χ1v) is 6.34. The number of hydrogen-bond acceptors (Lipinski definition) is 4. The summed E-state index contributed by atoms with van der Waals surface area (Å²) in [7, 11) is 0. The molecule has 102 valence electrons. The Balaban J connectivity index is 1.87. The largest absolute Gasteiger partial charge is 0.459 e. The maximum Gasteiger partial charge on any atom is 0.331 e. The normalized spacial score (nSPS) is 17.1. The third-order valence-electron chi connectivity index (χ3n) is 2.93. The van der Waals surface area contributed by atoms with E-state index in [2.05, 4.69) is 0 Å². The van der Waals surface area contributed by atoms with Crippen molar-refractivity contribution < 1.29 is 19.2 Å². The van der Waals surface area contributed by atoms with E-state index < -0.39 is 12.0 Å². The van der Waals surface area contributed by atoms with E-state index in [1.54, 1.807) is 6.92 Å². The second-order valence-corrected chi connectivity index (χ2v) is 4.43. The van der Waals surface area contributed by atoms with Crippen molar-refractivity contribution in [3.63, 3.8) is 0 Å². The van der Waals surface area contributed by atoms with E-state index in [4.69, 9.17) is 9.57 Å². The summed E-state index contributed by atoms with van der Waals surface area (Å²) in [5.41, 5.74) is 0.911. The monoisotopic (exact) mass is 263 g/mol. The smallest absolute Gasteiger partial charge is 0.331 e. The summed E-state index contributed by atoms with van der Waals surface area (Å²) in [5, 5.41) is 1.12. The van der Waals surface area contributed by atoms with E-state index >= 15 is 0 Å². The Morgan fingerprint density at radius 2 is 2.16 bits per heavy atom. The second-order valence-electron chi connectivity index (χ2n) is 4.43. The third-order valence-corrected chi connectivity index (χ3v) is 2.93. The van der Waals surface area contributed by atoms with Crippen molar-refractivity contribution in [1.29, 1.82) is 0 Å². The van der Waals surface area contributed by atoms with Gasteiger partial charge < -0.3 is 4.74 Å². The molecule has 5 nitrogen and oxygen atoms in total. The highest BCUT2D eigenvalue weighted by Gasteiger charge is 2.30. The molecule has 19 heavy (non-hydrogen) atoms. The van der Waals surface area contributed by atoms with Crippen molar-refractivity contribution in [2.45, 2.75) is 32.4 Å². The van der Waals surface area contributed by atoms with Gasteiger partial charge in [-0.25, -0.2) is 9.86 Å². The first kappa shape index (κ1) is 13.5. The summed E-state index contributed by atoms with van der Waals surface area (Å²) in [5.74, 6) is -0.630. The Labute approximate surface area is 112 Å². The molecule has 1 atom stereocenters. The summed E-state index contributed by atoms with van der Waals surface area (Å²) >= 11 is 0. The van der Waals surface area contributed by atoms with E-state index in [9.17, 15) is 9.59 Å². The number of ether oxygens (including phenoxy) is 1. The maximum atomic E-state index is 11.9. The van der Waals surface area contributed by atoms with Gasteiger partial charge in [0.05, 0.1) is 6.61 Å². The van der Waals surface area contributed by atoms with Crippen molar-refractivity contribution in [3.8, 4) is 0 Å². The second kappa shape index (κ2) is 6.33. The van der Waals surface area contributed by atoms with Gasteiger partial charge in [-0.05, 0) is 18.9 Å². The lowest BCUT2D eigenvalue weighted by atomic mass is 10.2. The molecule has 0 unspecified atom stereocenters. The fraction of sp³-hybridized carbons (Fsp3) is 0.429. The van der Waals surface area contributed by atoms with Crippen LogP contribution >= 0.6 is 0 Å². The third kappa shape index (κ3) is 3.54. The number of rotatable bonds is 4. The minimum Gasteiger partial charge on any atom is -0.459 e. The maximum absolute atomic E-state index is 11.9. The average Bonchev–Trinajstić information content (AvgIpc) is 2.45. The fourth-order valence-electron chi connectivity index (χ4n) is 1.84. The quantitative estimate of drug-likeness (QED) is 0.775. The molecule has 2 rings (SSSR count). The van der Waals surface area contributed by atoms with Gasteiger partial charge in [0.2, 0.25) is 5.91 Å². The number of carbonyl (C=O) groups is 2. The van der Waals surface area contributed by atoms with Crippen LogP contribution < -0.4 is 0 Å². The first-order valence-electron chi connectivity index (χ1n) is 6.34. The van der Waals surface area contributed by atoms with Crippen LogP contribution in [0.5, 0.6) is 0 Å². The summed E-state index contributed by atoms with van der Waals surface area (Å²) in [4.78, 5) is 28.7. The van der Waals surface area contributed by atoms with E-state index in [-0.39, 0.29) is 12.5 Å². The standard InChI is InChI=1S/C14H17NO4/c1-11(15-13(16)8-5-9-19-15)14(17)18-10-12-6-3-2-4-7-12/h2-4,6-7,11H,5,8-10H2,1H3/t11-/m1/s1. The highest BCUT2D eigenvalue weighted by molar-refractivity contribution is 5.83. The molecule has 5 heteroatoms. The number of nitrogens with zero attached hydrogens (tertiary/aromatic N) is 1. The molecule has 0 aliphatic carbocycles. The van der Waals surface area contributed by atoms with Crippen LogP contribution in [-0.4, -0.2) is 29.6 Å². The topological polar surface area (TPSA) is 55.8 Å². The van der Waals surface area contributed by atoms with Gasteiger partial charge in [-0.1, -0.05) is 30.3 Å². The van der Waals surface area contributed by atoms with Gasteiger partial charge in [0, 0.05) is 6.42 Å². The van der Waals surface area contributed by atoms with Gasteiger partial charge in [0.15, 0.2) is 6.04 Å². The van der Waals surface area contributed by atoms with Crippen LogP contribution in [-0.2, 0) is 25.8 Å². The summed E-state index contributed by atoms with van der Waals surface area (Å²) in [6.45, 7) is 2.27. The number of hydrogen-bond donors (Lipinski definition) is 0. The Morgan fingerprint density at radius 1 is 1.42 bits per heavy atom. The molecule has 1 aliphatic rings. The van der Waals surface area contributed by atoms with Crippen LogP contribution in [0.3, 0.4) is 0 Å². The molecule has 0 bridgehead atoms. The van der Waals surface area contributed by atoms with E-state index in [1.807, 2.05) is 30.3 Å². The zero-order valence-corrected chi connectivity index (χ0v) is 10.9. The van der Waals surface area contributed by atoms with E-state index in [0.29, 0.717) is 19.4 Å². The molecule has 1 fully saturated rings. The summed E-state index contributed by atoms with van der Waals surface area (Å²) in [6.07, 6.45) is 1.11. The number of amides is 1. The lowest BCUT2D eigenvalue weighted by molar-refractivity contribution is -0.216. The fourth-order valence-corrected chi connectivity index (χ4v) is 1.84. The van der Waals surface area contributed by atoms with Crippen LogP contribution in [0.25, 0.3) is 0 Å². The van der Waals surface area contributed by atoms with Gasteiger partial charge in [-0.15, -0.1) is 0 Å². The predicted molar refractivity (Wildman–Crippen MR) is 67.7 cm³/mol. The van der Waals surface area contributed by atoms with Crippen LogP contribution in [0.4, 0.5) is 0 Å². The Kier molecular flexibility index (Phi) is 4.52. The molecule has 1 aromatic rings. The van der Waals surface area contributed by atoms with Crippen molar-refractivity contribution in [2.24, 2.45) is 0 Å². The van der Waals surface area contributed by atoms with Crippen molar-refractivity contribution in [1.82, 2.24) is 5.06 Å². The van der Waals surface area contributed by atoms with Gasteiger partial charge >= 0.3 is 5.97 Å². The lowest BCUT2D eigenvalue weighted by Crippen LogP contribution is -2.46. The van der Waals surface area contributed by atoms with E-state index in [0.717, 1.165) is 10.6 Å². The Morgan fingerprint density at radius 3 is 2.84 bits per heavy atom. The first-order chi connectivity index (χ1) is 9.18. The molecule has 1 aromatic carbocycles. The van der Waals surface area contributed by atoms with Crippen molar-refractivity contribution >= 4 is 11.9 Å². The number of hydroxylamine groups is 2. The molecule has 0 aromatic heterocycles. The molecule has 0 radical (unpaired) electrons. The number of esters is 1. The minimum absolute atomic E-state index is 0.171. The van der Waals surface area contributed by atoms with Crippen molar-refractivity contribution in [3.05, 3.63) is 35.9 Å². The van der Waals surface area contributed by atoms with Gasteiger partial charge in [-0.2, -0.15) is 0 Å². The minimum atomic E-state index is -0.712. The molecule has 0 N–H and O–H groups in total. The van der Waals surface area contributed by atoms with E-state index in [1.165, 1.54) is 0 Å². The molecule has 0 saturated carbocycles. The van der Waals surface area contributed by atoms with Crippen LogP contribution in [0.1, 0.15) is 25.3 Å². The van der Waals surface area contributed by atoms with Crippen LogP contribution in [0.15, 0.2) is 30.3 Å². The zero-order valence-electron chi connectivity index (χ0n) is 10.9. The van der Waals surface area contributed by atoms with Gasteiger partial charge in [0.1, 0.15) is 6.61 Å². The van der Waals surface area contributed by atoms with Crippen molar-refractivity contribution in [2.75, 3.05) is 6.61 Å². The zero-order chi connectivity index (χ0) is 13.7. The SMILES string of the molecule is C[C@H](C(=O)OCc1ccccc1)N1OCCCC1=O. The van der Waals surface area contributed by atoms with Crippen LogP contribution in [0, 0.1) is 0 Å². The van der Waals surface area contributed by atoms with Gasteiger partial charge in [0.25, 0.3) is 0 Å². The van der Waals surface area contributed by atoms with Gasteiger partial charge in [-0.3, -0.25) is 9.63 Å². The summed E-state index contributed by atoms with van der Waals surface area (Å²) < 4.78 is 5.18. The molecular formula is C14H17NO4. The predicted octanol–water partition coefficient (Wildman–Crippen LogP) is 1.67. The summed E-state index contributed by atoms with van der Waals surface area (Å²) in [6, 6.07) is 8.69. The molecular weight excluding hydrogens is 246 g/mol.